The number of hydrogen-bond acceptors (Lipinski definition) is 5. The standard InChI is InChI=1S/C14H25N5O/c1-6-8-15-13-16-9-7-11(18-13)17-10(2)12(20)19-14(3,4)5/h7,9-10H,6,8H2,1-5H3,(H,19,20)(H2,15,16,17,18). The van der Waals surface area contributed by atoms with Gasteiger partial charge in [-0.1, -0.05) is 6.92 Å². The fraction of sp³-hybridized carbons (Fsp3) is 0.643. The predicted octanol–water partition coefficient (Wildman–Crippen LogP) is 2.01. The van der Waals surface area contributed by atoms with E-state index in [4.69, 9.17) is 0 Å². The summed E-state index contributed by atoms with van der Waals surface area (Å²) in [6.45, 7) is 10.6. The fourth-order valence-electron chi connectivity index (χ4n) is 1.53. The summed E-state index contributed by atoms with van der Waals surface area (Å²) in [4.78, 5) is 20.4. The van der Waals surface area contributed by atoms with Crippen molar-refractivity contribution in [2.24, 2.45) is 0 Å². The van der Waals surface area contributed by atoms with Crippen molar-refractivity contribution in [3.05, 3.63) is 12.3 Å². The van der Waals surface area contributed by atoms with Crippen LogP contribution in [0.25, 0.3) is 0 Å². The zero-order valence-corrected chi connectivity index (χ0v) is 12.9. The third-order valence-electron chi connectivity index (χ3n) is 2.44. The van der Waals surface area contributed by atoms with Crippen molar-refractivity contribution in [1.29, 1.82) is 0 Å². The first kappa shape index (κ1) is 16.2. The Balaban J connectivity index is 2.61. The molecule has 1 heterocycles. The first-order valence-corrected chi connectivity index (χ1v) is 6.97. The quantitative estimate of drug-likeness (QED) is 0.742. The molecule has 0 bridgehead atoms. The Kier molecular flexibility index (Phi) is 5.73. The van der Waals surface area contributed by atoms with Crippen LogP contribution in [0.4, 0.5) is 11.8 Å². The molecule has 20 heavy (non-hydrogen) atoms. The van der Waals surface area contributed by atoms with E-state index >= 15 is 0 Å². The molecule has 1 atom stereocenters. The number of rotatable bonds is 6. The molecule has 0 saturated heterocycles. The highest BCUT2D eigenvalue weighted by Gasteiger charge is 2.19. The van der Waals surface area contributed by atoms with Gasteiger partial charge >= 0.3 is 0 Å². The van der Waals surface area contributed by atoms with Gasteiger partial charge in [0, 0.05) is 18.3 Å². The first-order chi connectivity index (χ1) is 9.31. The molecule has 0 aliphatic carbocycles. The number of anilines is 2. The van der Waals surface area contributed by atoms with Gasteiger partial charge in [-0.15, -0.1) is 0 Å². The summed E-state index contributed by atoms with van der Waals surface area (Å²) in [6.07, 6.45) is 2.67. The summed E-state index contributed by atoms with van der Waals surface area (Å²) < 4.78 is 0. The molecule has 1 aromatic heterocycles. The summed E-state index contributed by atoms with van der Waals surface area (Å²) >= 11 is 0. The number of amides is 1. The first-order valence-electron chi connectivity index (χ1n) is 6.97. The zero-order valence-electron chi connectivity index (χ0n) is 12.9. The van der Waals surface area contributed by atoms with Crippen molar-refractivity contribution in [1.82, 2.24) is 15.3 Å². The van der Waals surface area contributed by atoms with Crippen LogP contribution in [0.15, 0.2) is 12.3 Å². The van der Waals surface area contributed by atoms with Crippen molar-refractivity contribution < 1.29 is 4.79 Å². The van der Waals surface area contributed by atoms with Gasteiger partial charge in [0.25, 0.3) is 0 Å². The summed E-state index contributed by atoms with van der Waals surface area (Å²) in [7, 11) is 0. The van der Waals surface area contributed by atoms with Crippen molar-refractivity contribution in [2.45, 2.75) is 52.6 Å². The molecule has 0 aromatic carbocycles. The lowest BCUT2D eigenvalue weighted by atomic mass is 10.1. The van der Waals surface area contributed by atoms with Crippen LogP contribution in [0.5, 0.6) is 0 Å². The van der Waals surface area contributed by atoms with Gasteiger partial charge in [0.1, 0.15) is 11.9 Å². The molecule has 0 aliphatic rings. The van der Waals surface area contributed by atoms with E-state index < -0.39 is 0 Å². The molecule has 0 fully saturated rings. The van der Waals surface area contributed by atoms with Crippen LogP contribution in [0, 0.1) is 0 Å². The van der Waals surface area contributed by atoms with E-state index in [1.54, 1.807) is 12.3 Å². The Bertz CT molecular complexity index is 441. The van der Waals surface area contributed by atoms with Crippen LogP contribution in [0.1, 0.15) is 41.0 Å². The van der Waals surface area contributed by atoms with Crippen LogP contribution in [0.2, 0.25) is 0 Å². The van der Waals surface area contributed by atoms with Crippen LogP contribution in [-0.2, 0) is 4.79 Å². The molecule has 6 heteroatoms. The largest absolute Gasteiger partial charge is 0.358 e. The normalized spacial score (nSPS) is 12.7. The minimum absolute atomic E-state index is 0.0563. The molecule has 1 unspecified atom stereocenters. The van der Waals surface area contributed by atoms with Crippen LogP contribution >= 0.6 is 0 Å². The van der Waals surface area contributed by atoms with Crippen molar-refractivity contribution in [3.8, 4) is 0 Å². The Morgan fingerprint density at radius 1 is 1.40 bits per heavy atom. The highest BCUT2D eigenvalue weighted by molar-refractivity contribution is 5.84. The van der Waals surface area contributed by atoms with Gasteiger partial charge in [-0.3, -0.25) is 4.79 Å². The molecule has 3 N–H and O–H groups in total. The molecule has 1 aromatic rings. The monoisotopic (exact) mass is 279 g/mol. The van der Waals surface area contributed by atoms with E-state index in [1.807, 2.05) is 27.7 Å². The maximum Gasteiger partial charge on any atom is 0.242 e. The Morgan fingerprint density at radius 2 is 2.10 bits per heavy atom. The van der Waals surface area contributed by atoms with Gasteiger partial charge < -0.3 is 16.0 Å². The highest BCUT2D eigenvalue weighted by atomic mass is 16.2. The second kappa shape index (κ2) is 7.07. The summed E-state index contributed by atoms with van der Waals surface area (Å²) in [5.74, 6) is 1.15. The average Bonchev–Trinajstić information content (AvgIpc) is 2.34. The topological polar surface area (TPSA) is 78.9 Å². The van der Waals surface area contributed by atoms with E-state index in [0.29, 0.717) is 11.8 Å². The number of nitrogens with zero attached hydrogens (tertiary/aromatic N) is 2. The van der Waals surface area contributed by atoms with Crippen LogP contribution in [-0.4, -0.2) is 34.0 Å². The third kappa shape index (κ3) is 5.86. The number of carbonyl (C=O) groups is 1. The van der Waals surface area contributed by atoms with E-state index in [-0.39, 0.29) is 17.5 Å². The van der Waals surface area contributed by atoms with E-state index in [2.05, 4.69) is 32.8 Å². The lowest BCUT2D eigenvalue weighted by Crippen LogP contribution is -2.47. The minimum Gasteiger partial charge on any atom is -0.358 e. The molecule has 1 rings (SSSR count). The molecular weight excluding hydrogens is 254 g/mol. The lowest BCUT2D eigenvalue weighted by molar-refractivity contribution is -0.122. The lowest BCUT2D eigenvalue weighted by Gasteiger charge is -2.23. The summed E-state index contributed by atoms with van der Waals surface area (Å²) in [6, 6.07) is 1.39. The maximum absolute atomic E-state index is 12.0. The van der Waals surface area contributed by atoms with E-state index in [0.717, 1.165) is 13.0 Å². The van der Waals surface area contributed by atoms with Gasteiger partial charge in [0.05, 0.1) is 0 Å². The zero-order chi connectivity index (χ0) is 15.2. The number of aromatic nitrogens is 2. The molecule has 0 spiro atoms. The number of hydrogen-bond donors (Lipinski definition) is 3. The average molecular weight is 279 g/mol. The second-order valence-electron chi connectivity index (χ2n) is 5.80. The highest BCUT2D eigenvalue weighted by Crippen LogP contribution is 2.08. The Labute approximate surface area is 120 Å². The molecule has 1 amide bonds. The van der Waals surface area contributed by atoms with Crippen molar-refractivity contribution >= 4 is 17.7 Å². The molecular formula is C14H25N5O. The van der Waals surface area contributed by atoms with Crippen molar-refractivity contribution in [2.75, 3.05) is 17.2 Å². The van der Waals surface area contributed by atoms with Gasteiger partial charge in [0.15, 0.2) is 0 Å². The van der Waals surface area contributed by atoms with Gasteiger partial charge in [-0.25, -0.2) is 4.98 Å². The Morgan fingerprint density at radius 3 is 2.70 bits per heavy atom. The van der Waals surface area contributed by atoms with Gasteiger partial charge in [0.2, 0.25) is 11.9 Å². The fourth-order valence-corrected chi connectivity index (χ4v) is 1.53. The SMILES string of the molecule is CCCNc1nccc(NC(C)C(=O)NC(C)(C)C)n1. The second-order valence-corrected chi connectivity index (χ2v) is 5.80. The van der Waals surface area contributed by atoms with Crippen LogP contribution in [0.3, 0.4) is 0 Å². The van der Waals surface area contributed by atoms with Crippen molar-refractivity contribution in [3.63, 3.8) is 0 Å². The summed E-state index contributed by atoms with van der Waals surface area (Å²) in [5.41, 5.74) is -0.244. The molecule has 0 saturated carbocycles. The van der Waals surface area contributed by atoms with Gasteiger partial charge in [-0.05, 0) is 40.2 Å². The molecule has 0 radical (unpaired) electrons. The molecule has 0 aliphatic heterocycles. The predicted molar refractivity (Wildman–Crippen MR) is 81.8 cm³/mol. The molecule has 112 valence electrons. The number of nitrogens with one attached hydrogen (secondary N) is 3. The number of carbonyl (C=O) groups excluding carboxylic acids is 1. The molecule has 6 nitrogen and oxygen atoms in total. The van der Waals surface area contributed by atoms with Gasteiger partial charge in [-0.2, -0.15) is 4.98 Å². The minimum atomic E-state index is -0.358. The summed E-state index contributed by atoms with van der Waals surface area (Å²) in [5, 5.41) is 9.12. The Hall–Kier alpha value is -1.85. The van der Waals surface area contributed by atoms with E-state index in [9.17, 15) is 4.79 Å². The smallest absolute Gasteiger partial charge is 0.242 e. The third-order valence-corrected chi connectivity index (χ3v) is 2.44. The van der Waals surface area contributed by atoms with Crippen LogP contribution < -0.4 is 16.0 Å². The maximum atomic E-state index is 12.0. The van der Waals surface area contributed by atoms with E-state index in [1.165, 1.54) is 0 Å².